The van der Waals surface area contributed by atoms with Crippen LogP contribution in [0.4, 0.5) is 17.1 Å². The van der Waals surface area contributed by atoms with Gasteiger partial charge in [0.15, 0.2) is 0 Å². The molecule has 0 saturated heterocycles. The molecule has 0 bridgehead atoms. The number of hydrogen-bond donors (Lipinski definition) is 0. The molecular formula is C66H44N2. The van der Waals surface area contributed by atoms with Gasteiger partial charge in [0.05, 0.1) is 16.7 Å². The van der Waals surface area contributed by atoms with Gasteiger partial charge in [-0.15, -0.1) is 0 Å². The molecular weight excluding hydrogens is 821 g/mol. The molecule has 318 valence electrons. The molecule has 13 rings (SSSR count). The number of para-hydroxylation sites is 3. The molecule has 0 radical (unpaired) electrons. The fourth-order valence-electron chi connectivity index (χ4n) is 10.7. The lowest BCUT2D eigenvalue weighted by molar-refractivity contribution is 1.18. The Bertz CT molecular complexity index is 4000. The molecule has 0 aliphatic rings. The lowest BCUT2D eigenvalue weighted by Gasteiger charge is -2.29. The predicted molar refractivity (Wildman–Crippen MR) is 290 cm³/mol. The maximum Gasteiger partial charge on any atom is 0.0547 e. The SMILES string of the molecule is c1ccc(-c2c(-c3ccccc3)c3cc(N(c4ccc(-c5ccc6ccccc6c5)cc4)c4ccccc4-c4cccc5c4c4ccccc4n5-c4ccccc4)ccc3c3ccccc23)cc1. The van der Waals surface area contributed by atoms with E-state index in [0.29, 0.717) is 0 Å². The highest BCUT2D eigenvalue weighted by molar-refractivity contribution is 6.22. The van der Waals surface area contributed by atoms with E-state index in [1.165, 1.54) is 93.1 Å². The van der Waals surface area contributed by atoms with Crippen molar-refractivity contribution in [3.63, 3.8) is 0 Å². The van der Waals surface area contributed by atoms with Crippen LogP contribution in [0.1, 0.15) is 0 Å². The van der Waals surface area contributed by atoms with Crippen LogP contribution in [-0.2, 0) is 0 Å². The third kappa shape index (κ3) is 6.57. The Hall–Kier alpha value is -8.98. The Kier molecular flexibility index (Phi) is 9.54. The summed E-state index contributed by atoms with van der Waals surface area (Å²) in [6.45, 7) is 0. The third-order valence-corrected chi connectivity index (χ3v) is 13.7. The summed E-state index contributed by atoms with van der Waals surface area (Å²) in [6.07, 6.45) is 0. The smallest absolute Gasteiger partial charge is 0.0547 e. The van der Waals surface area contributed by atoms with Gasteiger partial charge in [-0.2, -0.15) is 0 Å². The van der Waals surface area contributed by atoms with E-state index in [0.717, 1.165) is 28.3 Å². The van der Waals surface area contributed by atoms with Crippen molar-refractivity contribution in [3.8, 4) is 50.2 Å². The average Bonchev–Trinajstić information content (AvgIpc) is 3.76. The summed E-state index contributed by atoms with van der Waals surface area (Å²) in [5, 5.41) is 9.84. The van der Waals surface area contributed by atoms with Crippen LogP contribution < -0.4 is 4.90 Å². The predicted octanol–water partition coefficient (Wildman–Crippen LogP) is 18.4. The van der Waals surface area contributed by atoms with E-state index in [2.05, 4.69) is 276 Å². The Morgan fingerprint density at radius 1 is 0.279 bits per heavy atom. The van der Waals surface area contributed by atoms with Crippen LogP contribution in [0, 0.1) is 0 Å². The van der Waals surface area contributed by atoms with E-state index < -0.39 is 0 Å². The molecule has 0 amide bonds. The Morgan fingerprint density at radius 3 is 1.59 bits per heavy atom. The summed E-state index contributed by atoms with van der Waals surface area (Å²) in [4.78, 5) is 2.47. The average molecular weight is 865 g/mol. The second-order valence-corrected chi connectivity index (χ2v) is 17.6. The Balaban J connectivity index is 1.08. The highest BCUT2D eigenvalue weighted by atomic mass is 15.1. The van der Waals surface area contributed by atoms with Crippen molar-refractivity contribution in [2.45, 2.75) is 0 Å². The van der Waals surface area contributed by atoms with E-state index in [9.17, 15) is 0 Å². The van der Waals surface area contributed by atoms with Crippen LogP contribution >= 0.6 is 0 Å². The first kappa shape index (κ1) is 39.4. The van der Waals surface area contributed by atoms with Crippen LogP contribution in [0.2, 0.25) is 0 Å². The highest BCUT2D eigenvalue weighted by Crippen LogP contribution is 2.49. The number of nitrogens with zero attached hydrogens (tertiary/aromatic N) is 2. The first-order valence-corrected chi connectivity index (χ1v) is 23.4. The molecule has 68 heavy (non-hydrogen) atoms. The maximum atomic E-state index is 2.47. The fraction of sp³-hybridized carbons (Fsp3) is 0. The van der Waals surface area contributed by atoms with Gasteiger partial charge in [-0.1, -0.05) is 206 Å². The first-order valence-electron chi connectivity index (χ1n) is 23.4. The largest absolute Gasteiger partial charge is 0.310 e. The normalized spacial score (nSPS) is 11.5. The number of benzene rings is 12. The first-order chi connectivity index (χ1) is 33.8. The van der Waals surface area contributed by atoms with E-state index in [4.69, 9.17) is 0 Å². The highest BCUT2D eigenvalue weighted by Gasteiger charge is 2.24. The Morgan fingerprint density at radius 2 is 0.824 bits per heavy atom. The third-order valence-electron chi connectivity index (χ3n) is 13.7. The molecule has 0 aliphatic carbocycles. The van der Waals surface area contributed by atoms with E-state index in [1.54, 1.807) is 0 Å². The zero-order valence-electron chi connectivity index (χ0n) is 37.3. The minimum atomic E-state index is 1.07. The van der Waals surface area contributed by atoms with Crippen LogP contribution in [0.3, 0.4) is 0 Å². The minimum Gasteiger partial charge on any atom is -0.310 e. The standard InChI is InChI=1S/C66H44N2/c1-4-20-47(21-5-1)64-57-29-13-12-27-54(57)55-42-41-53(44-60(55)65(64)48-22-6-2-7-23-48)67(52-39-37-46(38-40-52)50-36-35-45-19-10-11-24-49(45)43-50)61-32-16-14-28-56(61)58-31-18-34-63-66(58)59-30-15-17-33-62(59)68(63)51-25-8-3-9-26-51/h1-44H. The zero-order valence-corrected chi connectivity index (χ0v) is 37.3. The zero-order chi connectivity index (χ0) is 45.0. The lowest BCUT2D eigenvalue weighted by atomic mass is 9.85. The monoisotopic (exact) mass is 864 g/mol. The molecule has 0 aliphatic heterocycles. The van der Waals surface area contributed by atoms with Crippen molar-refractivity contribution in [1.29, 1.82) is 0 Å². The van der Waals surface area contributed by atoms with Gasteiger partial charge in [0.1, 0.15) is 0 Å². The van der Waals surface area contributed by atoms with Crippen molar-refractivity contribution < 1.29 is 0 Å². The molecule has 2 heteroatoms. The number of rotatable bonds is 8. The van der Waals surface area contributed by atoms with Crippen molar-refractivity contribution in [3.05, 3.63) is 267 Å². The van der Waals surface area contributed by atoms with Gasteiger partial charge in [-0.05, 0) is 132 Å². The van der Waals surface area contributed by atoms with E-state index in [-0.39, 0.29) is 0 Å². The number of aromatic nitrogens is 1. The van der Waals surface area contributed by atoms with Crippen LogP contribution in [-0.4, -0.2) is 4.57 Å². The van der Waals surface area contributed by atoms with Crippen molar-refractivity contribution in [2.24, 2.45) is 0 Å². The lowest BCUT2D eigenvalue weighted by Crippen LogP contribution is -2.11. The van der Waals surface area contributed by atoms with Crippen LogP contribution in [0.5, 0.6) is 0 Å². The van der Waals surface area contributed by atoms with Gasteiger partial charge in [-0.25, -0.2) is 0 Å². The molecule has 0 unspecified atom stereocenters. The maximum absolute atomic E-state index is 2.47. The summed E-state index contributed by atoms with van der Waals surface area (Å²) in [6, 6.07) is 97.6. The summed E-state index contributed by atoms with van der Waals surface area (Å²) in [5.74, 6) is 0. The topological polar surface area (TPSA) is 8.17 Å². The molecule has 0 fully saturated rings. The molecule has 0 N–H and O–H groups in total. The summed E-state index contributed by atoms with van der Waals surface area (Å²) in [7, 11) is 0. The van der Waals surface area contributed by atoms with Gasteiger partial charge in [-0.3, -0.25) is 0 Å². The van der Waals surface area contributed by atoms with Gasteiger partial charge in [0.2, 0.25) is 0 Å². The fourth-order valence-corrected chi connectivity index (χ4v) is 10.7. The number of fused-ring (bicyclic) bond motifs is 7. The molecule has 13 aromatic rings. The summed E-state index contributed by atoms with van der Waals surface area (Å²) < 4.78 is 2.41. The number of anilines is 3. The van der Waals surface area contributed by atoms with E-state index in [1.807, 2.05) is 0 Å². The quantitative estimate of drug-likeness (QED) is 0.138. The second kappa shape index (κ2) is 16.5. The summed E-state index contributed by atoms with van der Waals surface area (Å²) in [5.41, 5.74) is 16.3. The Labute approximate surface area is 395 Å². The van der Waals surface area contributed by atoms with Gasteiger partial charge in [0, 0.05) is 33.4 Å². The van der Waals surface area contributed by atoms with Crippen LogP contribution in [0.25, 0.3) is 104 Å². The molecule has 1 heterocycles. The molecule has 0 atom stereocenters. The summed E-state index contributed by atoms with van der Waals surface area (Å²) >= 11 is 0. The molecule has 2 nitrogen and oxygen atoms in total. The van der Waals surface area contributed by atoms with Crippen molar-refractivity contribution in [2.75, 3.05) is 4.90 Å². The van der Waals surface area contributed by atoms with Crippen molar-refractivity contribution >= 4 is 71.2 Å². The van der Waals surface area contributed by atoms with Crippen molar-refractivity contribution in [1.82, 2.24) is 4.57 Å². The molecule has 0 spiro atoms. The minimum absolute atomic E-state index is 1.07. The van der Waals surface area contributed by atoms with E-state index >= 15 is 0 Å². The van der Waals surface area contributed by atoms with Crippen LogP contribution in [0.15, 0.2) is 267 Å². The van der Waals surface area contributed by atoms with Gasteiger partial charge in [0.25, 0.3) is 0 Å². The van der Waals surface area contributed by atoms with Gasteiger partial charge >= 0.3 is 0 Å². The van der Waals surface area contributed by atoms with Gasteiger partial charge < -0.3 is 9.47 Å². The molecule has 0 saturated carbocycles. The number of hydrogen-bond acceptors (Lipinski definition) is 1. The second-order valence-electron chi connectivity index (χ2n) is 17.6. The molecule has 12 aromatic carbocycles. The molecule has 1 aromatic heterocycles.